The average molecular weight is 495 g/mol. The largest absolute Gasteiger partial charge is 0.355 e. The maximum atomic E-state index is 13.3. The summed E-state index contributed by atoms with van der Waals surface area (Å²) in [6, 6.07) is 15.4. The Hall–Kier alpha value is -3.02. The van der Waals surface area contributed by atoms with E-state index in [0.717, 1.165) is 11.3 Å². The molecule has 3 N–H and O–H groups in total. The Labute approximate surface area is 209 Å². The number of dihydropyridines is 1. The Balaban J connectivity index is 1.81. The molecule has 3 rings (SSSR count). The van der Waals surface area contributed by atoms with Crippen molar-refractivity contribution < 1.29 is 9.59 Å². The summed E-state index contributed by atoms with van der Waals surface area (Å²) in [5.41, 5.74) is 2.45. The van der Waals surface area contributed by atoms with Crippen LogP contribution in [0.5, 0.6) is 0 Å². The number of carbonyl (C=O) groups excluding carboxylic acids is 2. The third-order valence-electron chi connectivity index (χ3n) is 5.30. The lowest BCUT2D eigenvalue weighted by Crippen LogP contribution is -2.32. The van der Waals surface area contributed by atoms with Crippen molar-refractivity contribution >= 4 is 40.6 Å². The molecule has 0 saturated carbocycles. The summed E-state index contributed by atoms with van der Waals surface area (Å²) in [6.45, 7) is 8.85. The first-order valence-electron chi connectivity index (χ1n) is 11.1. The molecule has 1 atom stereocenters. The molecule has 1 aliphatic heterocycles. The van der Waals surface area contributed by atoms with Crippen LogP contribution in [0.2, 0.25) is 0 Å². The lowest BCUT2D eigenvalue weighted by atomic mass is 9.86. The van der Waals surface area contributed by atoms with E-state index in [1.165, 1.54) is 23.1 Å². The fourth-order valence-electron chi connectivity index (χ4n) is 3.55. The number of hydrogen-bond acceptors (Lipinski definition) is 6. The van der Waals surface area contributed by atoms with Gasteiger partial charge in [0.25, 0.3) is 5.91 Å². The minimum absolute atomic E-state index is 0.0808. The topological polar surface area (TPSA) is 94.0 Å². The van der Waals surface area contributed by atoms with Gasteiger partial charge in [0.1, 0.15) is 0 Å². The molecule has 0 spiro atoms. The van der Waals surface area contributed by atoms with Crippen LogP contribution in [0.25, 0.3) is 0 Å². The van der Waals surface area contributed by atoms with E-state index in [0.29, 0.717) is 34.1 Å². The summed E-state index contributed by atoms with van der Waals surface area (Å²) >= 11 is 2.79. The number of thiophene rings is 1. The number of hydrogen-bond donors (Lipinski definition) is 3. The Morgan fingerprint density at radius 3 is 2.53 bits per heavy atom. The van der Waals surface area contributed by atoms with E-state index < -0.39 is 5.92 Å². The number of nitrogens with one attached hydrogen (secondary N) is 3. The van der Waals surface area contributed by atoms with Crippen molar-refractivity contribution in [3.8, 4) is 6.07 Å². The van der Waals surface area contributed by atoms with E-state index >= 15 is 0 Å². The Morgan fingerprint density at radius 2 is 1.91 bits per heavy atom. The summed E-state index contributed by atoms with van der Waals surface area (Å²) < 4.78 is 0. The van der Waals surface area contributed by atoms with Gasteiger partial charge in [-0.3, -0.25) is 9.59 Å². The number of rotatable bonds is 8. The predicted octanol–water partition coefficient (Wildman–Crippen LogP) is 5.37. The van der Waals surface area contributed by atoms with Crippen molar-refractivity contribution in [2.75, 3.05) is 17.6 Å². The molecule has 1 aromatic heterocycles. The summed E-state index contributed by atoms with van der Waals surface area (Å²) in [6.07, 6.45) is 0.885. The van der Waals surface area contributed by atoms with Crippen LogP contribution >= 0.6 is 23.1 Å². The van der Waals surface area contributed by atoms with Crippen LogP contribution in [0.1, 0.15) is 44.9 Å². The maximum absolute atomic E-state index is 13.3. The normalized spacial score (nSPS) is 16.0. The zero-order valence-corrected chi connectivity index (χ0v) is 21.5. The molecule has 178 valence electrons. The van der Waals surface area contributed by atoms with Gasteiger partial charge in [-0.1, -0.05) is 56.8 Å². The van der Waals surface area contributed by atoms with E-state index in [4.69, 9.17) is 0 Å². The molecule has 0 aliphatic carbocycles. The monoisotopic (exact) mass is 494 g/mol. The third-order valence-corrected chi connectivity index (χ3v) is 7.25. The number of allylic oxidation sites excluding steroid dienone is 2. The lowest BCUT2D eigenvalue weighted by Gasteiger charge is -2.29. The molecule has 0 fully saturated rings. The van der Waals surface area contributed by atoms with Crippen LogP contribution in [0.15, 0.2) is 69.7 Å². The van der Waals surface area contributed by atoms with Gasteiger partial charge in [-0.25, -0.2) is 0 Å². The quantitative estimate of drug-likeness (QED) is 0.459. The highest BCUT2D eigenvalue weighted by Crippen LogP contribution is 2.42. The second-order valence-corrected chi connectivity index (χ2v) is 11.2. The molecule has 0 radical (unpaired) electrons. The number of nitriles is 1. The van der Waals surface area contributed by atoms with Crippen LogP contribution in [0, 0.1) is 16.7 Å². The second kappa shape index (κ2) is 11.4. The number of amides is 2. The molecule has 34 heavy (non-hydrogen) atoms. The summed E-state index contributed by atoms with van der Waals surface area (Å²) in [5, 5.41) is 21.8. The highest BCUT2D eigenvalue weighted by Gasteiger charge is 2.35. The highest BCUT2D eigenvalue weighted by molar-refractivity contribution is 8.03. The van der Waals surface area contributed by atoms with E-state index in [-0.39, 0.29) is 23.0 Å². The van der Waals surface area contributed by atoms with Gasteiger partial charge in [-0.05, 0) is 42.3 Å². The maximum Gasteiger partial charge on any atom is 0.254 e. The predicted molar refractivity (Wildman–Crippen MR) is 140 cm³/mol. The zero-order chi connectivity index (χ0) is 24.7. The van der Waals surface area contributed by atoms with Crippen LogP contribution in [0.3, 0.4) is 0 Å². The molecule has 1 aromatic carbocycles. The summed E-state index contributed by atoms with van der Waals surface area (Å²) in [5.74, 6) is -0.649. The molecule has 0 bridgehead atoms. The Bertz CT molecular complexity index is 1120. The molecule has 6 nitrogen and oxygen atoms in total. The molecule has 2 amide bonds. The summed E-state index contributed by atoms with van der Waals surface area (Å²) in [7, 11) is 0. The first kappa shape index (κ1) is 25.6. The molecule has 8 heteroatoms. The lowest BCUT2D eigenvalue weighted by molar-refractivity contribution is -0.118. The fraction of sp³-hybridized carbons (Fsp3) is 0.346. The molecule has 2 heterocycles. The van der Waals surface area contributed by atoms with E-state index in [1.807, 2.05) is 54.8 Å². The van der Waals surface area contributed by atoms with E-state index in [1.54, 1.807) is 0 Å². The van der Waals surface area contributed by atoms with Gasteiger partial charge in [-0.2, -0.15) is 5.26 Å². The minimum atomic E-state index is -0.499. The van der Waals surface area contributed by atoms with E-state index in [2.05, 4.69) is 42.8 Å². The van der Waals surface area contributed by atoms with Gasteiger partial charge < -0.3 is 16.0 Å². The standard InChI is InChI=1S/C26H30N4O2S2/c1-17-22(24(32)30-18-9-6-5-7-10-18)23(20-11-8-14-33-20)19(15-27)25(29-17)34-16-21(31)28-13-12-26(2,3)4/h5-11,14,23,29H,12-13,16H2,1-4H3,(H,28,31)(H,30,32). The van der Waals surface area contributed by atoms with Crippen molar-refractivity contribution in [3.63, 3.8) is 0 Å². The summed E-state index contributed by atoms with van der Waals surface area (Å²) in [4.78, 5) is 26.6. The molecule has 1 unspecified atom stereocenters. The number of carbonyl (C=O) groups is 2. The fourth-order valence-corrected chi connectivity index (χ4v) is 5.32. The smallest absolute Gasteiger partial charge is 0.254 e. The van der Waals surface area contributed by atoms with Gasteiger partial charge in [0, 0.05) is 28.4 Å². The van der Waals surface area contributed by atoms with E-state index in [9.17, 15) is 14.9 Å². The van der Waals surface area contributed by atoms with Crippen LogP contribution in [-0.2, 0) is 9.59 Å². The minimum Gasteiger partial charge on any atom is -0.355 e. The first-order chi connectivity index (χ1) is 16.2. The van der Waals surface area contributed by atoms with Gasteiger partial charge in [0.05, 0.1) is 28.3 Å². The molecular formula is C26H30N4O2S2. The van der Waals surface area contributed by atoms with Gasteiger partial charge in [0.15, 0.2) is 0 Å². The molecular weight excluding hydrogens is 464 g/mol. The van der Waals surface area contributed by atoms with Crippen molar-refractivity contribution in [1.29, 1.82) is 5.26 Å². The van der Waals surface area contributed by atoms with Crippen molar-refractivity contribution in [2.24, 2.45) is 5.41 Å². The number of nitrogens with zero attached hydrogens (tertiary/aromatic N) is 1. The van der Waals surface area contributed by atoms with Crippen LogP contribution in [0.4, 0.5) is 5.69 Å². The number of benzene rings is 1. The van der Waals surface area contributed by atoms with Gasteiger partial charge >= 0.3 is 0 Å². The molecule has 2 aromatic rings. The SMILES string of the molecule is CC1=C(C(=O)Nc2ccccc2)C(c2cccs2)C(C#N)=C(SCC(=O)NCCC(C)(C)C)N1. The third kappa shape index (κ3) is 6.75. The highest BCUT2D eigenvalue weighted by atomic mass is 32.2. The number of thioether (sulfide) groups is 1. The second-order valence-electron chi connectivity index (χ2n) is 9.24. The Kier molecular flexibility index (Phi) is 8.59. The molecule has 0 saturated heterocycles. The van der Waals surface area contributed by atoms with Crippen LogP contribution < -0.4 is 16.0 Å². The van der Waals surface area contributed by atoms with Gasteiger partial charge in [-0.15, -0.1) is 11.3 Å². The number of anilines is 1. The zero-order valence-electron chi connectivity index (χ0n) is 19.9. The molecule has 1 aliphatic rings. The van der Waals surface area contributed by atoms with Crippen molar-refractivity contribution in [1.82, 2.24) is 10.6 Å². The number of para-hydroxylation sites is 1. The Morgan fingerprint density at radius 1 is 1.18 bits per heavy atom. The first-order valence-corrected chi connectivity index (χ1v) is 13.0. The van der Waals surface area contributed by atoms with Gasteiger partial charge in [0.2, 0.25) is 5.91 Å². The van der Waals surface area contributed by atoms with Crippen molar-refractivity contribution in [3.05, 3.63) is 74.6 Å². The van der Waals surface area contributed by atoms with Crippen molar-refractivity contribution in [2.45, 2.75) is 40.0 Å². The van der Waals surface area contributed by atoms with Crippen LogP contribution in [-0.4, -0.2) is 24.1 Å². The average Bonchev–Trinajstić information content (AvgIpc) is 3.31.